The molecule has 1 aromatic heterocycles. The van der Waals surface area contributed by atoms with Crippen molar-refractivity contribution >= 4 is 20.9 Å². The first-order valence-electron chi connectivity index (χ1n) is 5.86. The highest BCUT2D eigenvalue weighted by atomic mass is 32.2. The fourth-order valence-electron chi connectivity index (χ4n) is 1.80. The normalized spacial score (nSPS) is 13.8. The lowest BCUT2D eigenvalue weighted by atomic mass is 10.2. The van der Waals surface area contributed by atoms with Crippen molar-refractivity contribution in [2.75, 3.05) is 20.0 Å². The molecule has 0 aliphatic rings. The third-order valence-electron chi connectivity index (χ3n) is 2.88. The number of aromatic amines is 1. The van der Waals surface area contributed by atoms with E-state index in [1.165, 1.54) is 6.26 Å². The van der Waals surface area contributed by atoms with Crippen LogP contribution in [0.5, 0.6) is 0 Å². The Morgan fingerprint density at radius 1 is 1.47 bits per heavy atom. The van der Waals surface area contributed by atoms with Crippen LogP contribution in [0, 0.1) is 0 Å². The van der Waals surface area contributed by atoms with E-state index in [0.29, 0.717) is 29.9 Å². The molecule has 3 N–H and O–H groups in total. The molecule has 2 rings (SSSR count). The monoisotopic (exact) mass is 283 g/mol. The molecule has 0 aliphatic heterocycles. The van der Waals surface area contributed by atoms with Gasteiger partial charge in [-0.15, -0.1) is 0 Å². The Kier molecular flexibility index (Phi) is 3.88. The quantitative estimate of drug-likeness (QED) is 0.853. The van der Waals surface area contributed by atoms with E-state index >= 15 is 0 Å². The third-order valence-corrected chi connectivity index (χ3v) is 3.99. The molecule has 0 amide bonds. The van der Waals surface area contributed by atoms with Crippen molar-refractivity contribution in [2.24, 2.45) is 5.73 Å². The second-order valence-electron chi connectivity index (χ2n) is 4.46. The molecule has 1 unspecified atom stereocenters. The maximum absolute atomic E-state index is 11.5. The van der Waals surface area contributed by atoms with E-state index < -0.39 is 9.84 Å². The van der Waals surface area contributed by atoms with Crippen LogP contribution in [-0.2, 0) is 14.6 Å². The zero-order valence-electron chi connectivity index (χ0n) is 10.9. The summed E-state index contributed by atoms with van der Waals surface area (Å²) in [7, 11) is -1.60. The number of nitrogens with two attached hydrogens (primary N) is 1. The standard InChI is InChI=1S/C12H17N3O3S/c1-18-6-5-9(13)12-14-10-4-3-8(19(2,16)17)7-11(10)15-12/h3-4,7,9H,5-6,13H2,1-2H3,(H,14,15). The molecular formula is C12H17N3O3S. The number of methoxy groups -OCH3 is 1. The van der Waals surface area contributed by atoms with Crippen LogP contribution in [0.25, 0.3) is 11.0 Å². The highest BCUT2D eigenvalue weighted by molar-refractivity contribution is 7.90. The van der Waals surface area contributed by atoms with Gasteiger partial charge >= 0.3 is 0 Å². The summed E-state index contributed by atoms with van der Waals surface area (Å²) in [5, 5.41) is 0. The number of H-pyrrole nitrogens is 1. The molecule has 104 valence electrons. The Bertz CT molecular complexity index is 679. The SMILES string of the molecule is COCCC(N)c1nc2ccc(S(C)(=O)=O)cc2[nH]1. The van der Waals surface area contributed by atoms with E-state index in [9.17, 15) is 8.42 Å². The van der Waals surface area contributed by atoms with E-state index in [1.807, 2.05) is 0 Å². The van der Waals surface area contributed by atoms with E-state index in [-0.39, 0.29) is 10.9 Å². The van der Waals surface area contributed by atoms with Gasteiger partial charge in [0, 0.05) is 20.0 Å². The molecule has 0 radical (unpaired) electrons. The van der Waals surface area contributed by atoms with Gasteiger partial charge in [0.15, 0.2) is 9.84 Å². The fraction of sp³-hybridized carbons (Fsp3) is 0.417. The maximum Gasteiger partial charge on any atom is 0.175 e. The van der Waals surface area contributed by atoms with E-state index in [1.54, 1.807) is 25.3 Å². The molecule has 0 aliphatic carbocycles. The molecule has 1 aromatic carbocycles. The van der Waals surface area contributed by atoms with Gasteiger partial charge in [0.2, 0.25) is 0 Å². The Hall–Kier alpha value is -1.44. The van der Waals surface area contributed by atoms with Crippen LogP contribution in [0.3, 0.4) is 0 Å². The van der Waals surface area contributed by atoms with Crippen molar-refractivity contribution in [1.82, 2.24) is 9.97 Å². The van der Waals surface area contributed by atoms with E-state index in [4.69, 9.17) is 10.5 Å². The Morgan fingerprint density at radius 3 is 2.84 bits per heavy atom. The van der Waals surface area contributed by atoms with Crippen LogP contribution in [0.4, 0.5) is 0 Å². The topological polar surface area (TPSA) is 98.1 Å². The number of imidazole rings is 1. The minimum Gasteiger partial charge on any atom is -0.385 e. The van der Waals surface area contributed by atoms with Crippen molar-refractivity contribution < 1.29 is 13.2 Å². The van der Waals surface area contributed by atoms with Gasteiger partial charge in [-0.2, -0.15) is 0 Å². The number of aromatic nitrogens is 2. The van der Waals surface area contributed by atoms with Gasteiger partial charge in [-0.1, -0.05) is 0 Å². The number of nitrogens with zero attached hydrogens (tertiary/aromatic N) is 1. The number of fused-ring (bicyclic) bond motifs is 1. The lowest BCUT2D eigenvalue weighted by Gasteiger charge is -2.06. The van der Waals surface area contributed by atoms with E-state index in [0.717, 1.165) is 0 Å². The summed E-state index contributed by atoms with van der Waals surface area (Å²) in [5.41, 5.74) is 7.35. The molecule has 6 nitrogen and oxygen atoms in total. The molecule has 0 bridgehead atoms. The summed E-state index contributed by atoms with van der Waals surface area (Å²) in [6, 6.07) is 4.54. The average Bonchev–Trinajstić information content (AvgIpc) is 2.77. The second kappa shape index (κ2) is 5.28. The first-order chi connectivity index (χ1) is 8.91. The molecule has 1 atom stereocenters. The molecule has 2 aromatic rings. The van der Waals surface area contributed by atoms with Crippen LogP contribution in [-0.4, -0.2) is 38.4 Å². The summed E-state index contributed by atoms with van der Waals surface area (Å²) in [5.74, 6) is 0.637. The zero-order valence-corrected chi connectivity index (χ0v) is 11.7. The second-order valence-corrected chi connectivity index (χ2v) is 6.48. The number of nitrogens with one attached hydrogen (secondary N) is 1. The highest BCUT2D eigenvalue weighted by Gasteiger charge is 2.13. The minimum absolute atomic E-state index is 0.256. The molecule has 0 spiro atoms. The van der Waals surface area contributed by atoms with Crippen molar-refractivity contribution in [1.29, 1.82) is 0 Å². The number of hydrogen-bond acceptors (Lipinski definition) is 5. The maximum atomic E-state index is 11.5. The van der Waals surface area contributed by atoms with Gasteiger partial charge in [0.1, 0.15) is 5.82 Å². The summed E-state index contributed by atoms with van der Waals surface area (Å²) in [6.45, 7) is 0.548. The van der Waals surface area contributed by atoms with Crippen LogP contribution in [0.1, 0.15) is 18.3 Å². The largest absolute Gasteiger partial charge is 0.385 e. The summed E-state index contributed by atoms with van der Waals surface area (Å²) in [6.07, 6.45) is 1.82. The first-order valence-corrected chi connectivity index (χ1v) is 7.75. The number of benzene rings is 1. The lowest BCUT2D eigenvalue weighted by molar-refractivity contribution is 0.187. The number of hydrogen-bond donors (Lipinski definition) is 2. The van der Waals surface area contributed by atoms with Gasteiger partial charge in [-0.05, 0) is 24.6 Å². The molecule has 19 heavy (non-hydrogen) atoms. The average molecular weight is 283 g/mol. The molecule has 0 saturated carbocycles. The Labute approximate surface area is 111 Å². The summed E-state index contributed by atoms with van der Waals surface area (Å²) >= 11 is 0. The van der Waals surface area contributed by atoms with Crippen molar-refractivity contribution in [3.8, 4) is 0 Å². The predicted octanol–water partition coefficient (Wildman–Crippen LogP) is 1.00. The van der Waals surface area contributed by atoms with Gasteiger partial charge in [0.25, 0.3) is 0 Å². The molecule has 0 fully saturated rings. The minimum atomic E-state index is -3.22. The van der Waals surface area contributed by atoms with Gasteiger partial charge in [-0.25, -0.2) is 13.4 Å². The Morgan fingerprint density at radius 2 is 2.21 bits per heavy atom. The summed E-state index contributed by atoms with van der Waals surface area (Å²) in [4.78, 5) is 7.68. The van der Waals surface area contributed by atoms with Gasteiger partial charge in [-0.3, -0.25) is 0 Å². The summed E-state index contributed by atoms with van der Waals surface area (Å²) < 4.78 is 27.9. The smallest absolute Gasteiger partial charge is 0.175 e. The van der Waals surface area contributed by atoms with E-state index in [2.05, 4.69) is 9.97 Å². The van der Waals surface area contributed by atoms with Crippen LogP contribution in [0.15, 0.2) is 23.1 Å². The number of ether oxygens (including phenoxy) is 1. The highest BCUT2D eigenvalue weighted by Crippen LogP contribution is 2.20. The fourth-order valence-corrected chi connectivity index (χ4v) is 2.44. The van der Waals surface area contributed by atoms with Crippen LogP contribution in [0.2, 0.25) is 0 Å². The molecule has 7 heteroatoms. The lowest BCUT2D eigenvalue weighted by Crippen LogP contribution is -2.14. The van der Waals surface area contributed by atoms with Crippen molar-refractivity contribution in [3.63, 3.8) is 0 Å². The molecule has 1 heterocycles. The zero-order chi connectivity index (χ0) is 14.0. The van der Waals surface area contributed by atoms with Crippen molar-refractivity contribution in [3.05, 3.63) is 24.0 Å². The molecule has 0 saturated heterocycles. The Balaban J connectivity index is 2.35. The predicted molar refractivity (Wildman–Crippen MR) is 72.6 cm³/mol. The van der Waals surface area contributed by atoms with Crippen LogP contribution < -0.4 is 5.73 Å². The third kappa shape index (κ3) is 3.12. The van der Waals surface area contributed by atoms with Crippen LogP contribution >= 0.6 is 0 Å². The number of rotatable bonds is 5. The first kappa shape index (κ1) is 14.0. The van der Waals surface area contributed by atoms with Gasteiger partial charge in [0.05, 0.1) is 22.0 Å². The van der Waals surface area contributed by atoms with Crippen molar-refractivity contribution in [2.45, 2.75) is 17.4 Å². The molecular weight excluding hydrogens is 266 g/mol. The number of sulfone groups is 1. The van der Waals surface area contributed by atoms with Gasteiger partial charge < -0.3 is 15.5 Å².